The Morgan fingerprint density at radius 1 is 1.09 bits per heavy atom. The minimum atomic E-state index is -0.353. The minimum absolute atomic E-state index is 0.232. The molecule has 0 radical (unpaired) electrons. The van der Waals surface area contributed by atoms with Crippen molar-refractivity contribution in [3.05, 3.63) is 11.6 Å². The largest absolute Gasteiger partial charge is 0.466 e. The van der Waals surface area contributed by atoms with Crippen LogP contribution in [0.2, 0.25) is 6.04 Å². The van der Waals surface area contributed by atoms with Gasteiger partial charge in [0.2, 0.25) is 0 Å². The van der Waals surface area contributed by atoms with Crippen molar-refractivity contribution in [2.24, 2.45) is 0 Å². The molecular weight excluding hydrogens is 318 g/mol. The van der Waals surface area contributed by atoms with Crippen molar-refractivity contribution in [2.75, 3.05) is 46.2 Å². The fourth-order valence-electron chi connectivity index (χ4n) is 1.88. The van der Waals surface area contributed by atoms with Crippen LogP contribution < -0.4 is 0 Å². The second-order valence-corrected chi connectivity index (χ2v) is 7.14. The third-order valence-electron chi connectivity index (χ3n) is 3.29. The molecule has 2 heterocycles. The zero-order chi connectivity index (χ0) is 16.3. The van der Waals surface area contributed by atoms with Crippen molar-refractivity contribution in [1.29, 1.82) is 0 Å². The van der Waals surface area contributed by atoms with E-state index in [1.165, 1.54) is 0 Å². The minimum Gasteiger partial charge on any atom is -0.466 e. The van der Waals surface area contributed by atoms with Gasteiger partial charge in [-0.05, 0) is 26.0 Å². The number of nitrogens with zero attached hydrogens (tertiary/aromatic N) is 1. The lowest BCUT2D eigenvalue weighted by atomic mass is 10.5. The van der Waals surface area contributed by atoms with Crippen molar-refractivity contribution in [3.8, 4) is 0 Å². The number of hydrogen-bond acceptors (Lipinski definition) is 7. The fraction of sp³-hybridized carbons (Fsp3) is 0.867. The molecule has 0 aromatic rings. The predicted octanol–water partition coefficient (Wildman–Crippen LogP) is 0.798. The molecule has 2 saturated heterocycles. The van der Waals surface area contributed by atoms with Gasteiger partial charge < -0.3 is 18.9 Å². The molecule has 7 nitrogen and oxygen atoms in total. The molecule has 0 amide bonds. The molecule has 2 aliphatic heterocycles. The molecule has 0 aromatic carbocycles. The Labute approximate surface area is 140 Å². The predicted molar refractivity (Wildman–Crippen MR) is 87.4 cm³/mol. The van der Waals surface area contributed by atoms with Crippen LogP contribution in [0.3, 0.4) is 0 Å². The van der Waals surface area contributed by atoms with Crippen LogP contribution in [0.15, 0.2) is 11.6 Å². The summed E-state index contributed by atoms with van der Waals surface area (Å²) in [5, 5.41) is 1.59. The lowest BCUT2D eigenvalue weighted by Gasteiger charge is -2.20. The molecule has 0 saturated carbocycles. The van der Waals surface area contributed by atoms with E-state index in [-0.39, 0.29) is 21.7 Å². The highest BCUT2D eigenvalue weighted by Crippen LogP contribution is 2.13. The van der Waals surface area contributed by atoms with E-state index in [2.05, 4.69) is 5.70 Å². The van der Waals surface area contributed by atoms with Gasteiger partial charge >= 0.3 is 0 Å². The van der Waals surface area contributed by atoms with Crippen LogP contribution in [0, 0.1) is 0 Å². The summed E-state index contributed by atoms with van der Waals surface area (Å²) in [7, 11) is -0.353. The fourth-order valence-corrected chi connectivity index (χ4v) is 3.06. The summed E-state index contributed by atoms with van der Waals surface area (Å²) in [5.74, 6) is 0.683. The van der Waals surface area contributed by atoms with Gasteiger partial charge in [-0.3, -0.25) is 9.68 Å². The number of ether oxygens (including phenoxy) is 4. The Morgan fingerprint density at radius 3 is 2.13 bits per heavy atom. The van der Waals surface area contributed by atoms with E-state index < -0.39 is 0 Å². The SMILES string of the molecule is CCOC(=C[SiH2]CCCN(OCC1CO1)OCC1CO1)OCC. The van der Waals surface area contributed by atoms with E-state index >= 15 is 0 Å². The van der Waals surface area contributed by atoms with Gasteiger partial charge in [0.25, 0.3) is 5.95 Å². The zero-order valence-corrected chi connectivity index (χ0v) is 15.6. The molecule has 0 N–H and O–H groups in total. The van der Waals surface area contributed by atoms with Gasteiger partial charge in [-0.15, -0.1) is 0 Å². The molecule has 2 rings (SSSR count). The average molecular weight is 347 g/mol. The normalized spacial score (nSPS) is 22.6. The third-order valence-corrected chi connectivity index (χ3v) is 4.82. The number of hydrogen-bond donors (Lipinski definition) is 0. The average Bonchev–Trinajstić information content (AvgIpc) is 3.44. The Hall–Kier alpha value is -0.643. The molecule has 23 heavy (non-hydrogen) atoms. The molecule has 2 atom stereocenters. The summed E-state index contributed by atoms with van der Waals surface area (Å²) in [6, 6.07) is 1.15. The van der Waals surface area contributed by atoms with Crippen LogP contribution in [0.1, 0.15) is 20.3 Å². The molecule has 0 aliphatic carbocycles. The number of hydroxylamine groups is 2. The van der Waals surface area contributed by atoms with E-state index in [0.717, 1.165) is 32.2 Å². The maximum atomic E-state index is 5.63. The van der Waals surface area contributed by atoms with E-state index in [0.29, 0.717) is 32.4 Å². The lowest BCUT2D eigenvalue weighted by molar-refractivity contribution is -0.369. The standard InChI is InChI=1S/C15H29NO6Si/c1-3-17-15(18-4-2)12-23-7-5-6-16(21-10-13-8-19-13)22-11-14-9-20-14/h12-14H,3-11,23H2,1-2H3. The van der Waals surface area contributed by atoms with Crippen molar-refractivity contribution < 1.29 is 28.6 Å². The van der Waals surface area contributed by atoms with E-state index in [1.54, 1.807) is 5.23 Å². The Kier molecular flexibility index (Phi) is 8.94. The molecule has 0 aromatic heterocycles. The summed E-state index contributed by atoms with van der Waals surface area (Å²) in [5.41, 5.74) is 2.13. The smallest absolute Gasteiger partial charge is 0.270 e. The zero-order valence-electron chi connectivity index (χ0n) is 14.2. The van der Waals surface area contributed by atoms with Crippen molar-refractivity contribution in [3.63, 3.8) is 0 Å². The molecule has 8 heteroatoms. The Balaban J connectivity index is 1.57. The number of epoxide rings is 2. The van der Waals surface area contributed by atoms with Gasteiger partial charge in [0.05, 0.1) is 55.7 Å². The van der Waals surface area contributed by atoms with Crippen molar-refractivity contribution >= 4 is 9.52 Å². The maximum Gasteiger partial charge on any atom is 0.270 e. The highest BCUT2D eigenvalue weighted by Gasteiger charge is 2.26. The monoisotopic (exact) mass is 347 g/mol. The molecule has 0 bridgehead atoms. The second-order valence-electron chi connectivity index (χ2n) is 5.44. The van der Waals surface area contributed by atoms with Gasteiger partial charge in [0.1, 0.15) is 12.2 Å². The molecule has 0 spiro atoms. The summed E-state index contributed by atoms with van der Waals surface area (Å²) < 4.78 is 21.2. The maximum absolute atomic E-state index is 5.63. The van der Waals surface area contributed by atoms with Crippen LogP contribution in [0.25, 0.3) is 0 Å². The quantitative estimate of drug-likeness (QED) is 0.143. The van der Waals surface area contributed by atoms with Crippen LogP contribution >= 0.6 is 0 Å². The highest BCUT2D eigenvalue weighted by molar-refractivity contribution is 6.42. The number of rotatable bonds is 15. The van der Waals surface area contributed by atoms with Crippen molar-refractivity contribution in [1.82, 2.24) is 5.23 Å². The lowest BCUT2D eigenvalue weighted by Crippen LogP contribution is -2.29. The van der Waals surface area contributed by atoms with Crippen molar-refractivity contribution in [2.45, 2.75) is 38.5 Å². The third kappa shape index (κ3) is 9.29. The Bertz CT molecular complexity index is 325. The summed E-state index contributed by atoms with van der Waals surface area (Å²) >= 11 is 0. The van der Waals surface area contributed by atoms with Gasteiger partial charge in [-0.25, -0.2) is 0 Å². The van der Waals surface area contributed by atoms with E-state index in [1.807, 2.05) is 13.8 Å². The van der Waals surface area contributed by atoms with Gasteiger partial charge in [-0.2, -0.15) is 0 Å². The molecule has 2 aliphatic rings. The Morgan fingerprint density at radius 2 is 1.65 bits per heavy atom. The molecule has 2 unspecified atom stereocenters. The highest BCUT2D eigenvalue weighted by atomic mass is 28.2. The van der Waals surface area contributed by atoms with Gasteiger partial charge in [0, 0.05) is 0 Å². The summed E-state index contributed by atoms with van der Waals surface area (Å²) in [6.45, 7) is 8.65. The van der Waals surface area contributed by atoms with E-state index in [4.69, 9.17) is 28.6 Å². The van der Waals surface area contributed by atoms with Gasteiger partial charge in [0.15, 0.2) is 0 Å². The summed E-state index contributed by atoms with van der Waals surface area (Å²) in [6.07, 6.45) is 1.48. The van der Waals surface area contributed by atoms with Gasteiger partial charge in [-0.1, -0.05) is 11.3 Å². The molecular formula is C15H29NO6Si. The van der Waals surface area contributed by atoms with Crippen LogP contribution in [0.5, 0.6) is 0 Å². The second kappa shape index (κ2) is 11.0. The first kappa shape index (κ1) is 18.7. The van der Waals surface area contributed by atoms with E-state index in [9.17, 15) is 0 Å². The first-order chi connectivity index (χ1) is 11.3. The first-order valence-electron chi connectivity index (χ1n) is 8.54. The molecule has 2 fully saturated rings. The van der Waals surface area contributed by atoms with Crippen LogP contribution in [-0.4, -0.2) is 73.1 Å². The topological polar surface area (TPSA) is 65.2 Å². The summed E-state index contributed by atoms with van der Waals surface area (Å²) in [4.78, 5) is 11.3. The van der Waals surface area contributed by atoms with Crippen LogP contribution in [-0.2, 0) is 28.6 Å². The van der Waals surface area contributed by atoms with Crippen LogP contribution in [0.4, 0.5) is 0 Å². The first-order valence-corrected chi connectivity index (χ1v) is 10.4. The molecule has 134 valence electrons.